The van der Waals surface area contributed by atoms with Crippen LogP contribution in [0.5, 0.6) is 0 Å². The van der Waals surface area contributed by atoms with Crippen molar-refractivity contribution in [2.24, 2.45) is 0 Å². The molecule has 0 aromatic carbocycles. The van der Waals surface area contributed by atoms with Crippen LogP contribution in [0.4, 0.5) is 0 Å². The molecule has 1 aliphatic rings. The Morgan fingerprint density at radius 3 is 2.62 bits per heavy atom. The molecule has 0 aromatic heterocycles. The van der Waals surface area contributed by atoms with Crippen molar-refractivity contribution in [3.8, 4) is 0 Å². The largest absolute Gasteiger partial charge is 0.307 e. The molecule has 0 aromatic rings. The lowest BCUT2D eigenvalue weighted by atomic mass is 10.1. The summed E-state index contributed by atoms with van der Waals surface area (Å²) in [6.45, 7) is 10.6. The lowest BCUT2D eigenvalue weighted by molar-refractivity contribution is 0.507. The van der Waals surface area contributed by atoms with Crippen LogP contribution in [0.2, 0.25) is 0 Å². The maximum Gasteiger partial charge on any atom is 0.0210 e. The second kappa shape index (κ2) is 4.43. The van der Waals surface area contributed by atoms with Crippen LogP contribution in [0, 0.1) is 0 Å². The summed E-state index contributed by atoms with van der Waals surface area (Å²) in [5.41, 5.74) is 1.67. The molecule has 0 amide bonds. The molecule has 1 fully saturated rings. The first kappa shape index (κ1) is 10.3. The molecule has 1 heteroatoms. The molecule has 1 N–H and O–H groups in total. The van der Waals surface area contributed by atoms with Crippen LogP contribution in [0.25, 0.3) is 0 Å². The molecule has 0 bridgehead atoms. The average molecular weight is 179 g/mol. The zero-order valence-electron chi connectivity index (χ0n) is 8.47. The Balaban J connectivity index is 0.00000169. The van der Waals surface area contributed by atoms with Crippen molar-refractivity contribution in [3.63, 3.8) is 0 Å². The topological polar surface area (TPSA) is 12.0 Å². The standard InChI is InChI=1S/C12H19N.H2/c1-4-7-11(5-2)10-13-12(6-3)8-9-12;/h4-5,7,13H,1-2,6,8-10H2,3H3;1H/b11-7+;. The van der Waals surface area contributed by atoms with Gasteiger partial charge in [0.1, 0.15) is 0 Å². The SMILES string of the molecule is C=C/C=C(\C=C)CNC1(CC)CC1.[HH]. The zero-order valence-corrected chi connectivity index (χ0v) is 8.47. The third kappa shape index (κ3) is 2.85. The number of hydrogen-bond acceptors (Lipinski definition) is 1. The van der Waals surface area contributed by atoms with Gasteiger partial charge in [0.15, 0.2) is 0 Å². The normalized spacial score (nSPS) is 19.6. The number of allylic oxidation sites excluding steroid dienone is 2. The van der Waals surface area contributed by atoms with Gasteiger partial charge in [-0.05, 0) is 24.8 Å². The van der Waals surface area contributed by atoms with E-state index in [2.05, 4.69) is 25.4 Å². The summed E-state index contributed by atoms with van der Waals surface area (Å²) >= 11 is 0. The van der Waals surface area contributed by atoms with Crippen molar-refractivity contribution >= 4 is 0 Å². The van der Waals surface area contributed by atoms with Gasteiger partial charge < -0.3 is 5.32 Å². The average Bonchev–Trinajstić information content (AvgIpc) is 2.93. The Labute approximate surface area is 82.7 Å². The molecule has 0 radical (unpaired) electrons. The highest BCUT2D eigenvalue weighted by atomic mass is 15.0. The fourth-order valence-electron chi connectivity index (χ4n) is 1.45. The molecule has 0 spiro atoms. The van der Waals surface area contributed by atoms with Gasteiger partial charge in [-0.25, -0.2) is 0 Å². The Morgan fingerprint density at radius 1 is 1.54 bits per heavy atom. The van der Waals surface area contributed by atoms with Crippen LogP contribution in [0.15, 0.2) is 37.0 Å². The van der Waals surface area contributed by atoms with E-state index >= 15 is 0 Å². The molecule has 0 aliphatic heterocycles. The van der Waals surface area contributed by atoms with E-state index in [9.17, 15) is 0 Å². The Kier molecular flexibility index (Phi) is 3.49. The van der Waals surface area contributed by atoms with Gasteiger partial charge >= 0.3 is 0 Å². The van der Waals surface area contributed by atoms with E-state index in [4.69, 9.17) is 0 Å². The molecule has 1 nitrogen and oxygen atoms in total. The van der Waals surface area contributed by atoms with Gasteiger partial charge in [-0.1, -0.05) is 38.3 Å². The first-order valence-corrected chi connectivity index (χ1v) is 4.95. The molecule has 1 rings (SSSR count). The van der Waals surface area contributed by atoms with E-state index < -0.39 is 0 Å². The summed E-state index contributed by atoms with van der Waals surface area (Å²) in [4.78, 5) is 0. The number of nitrogens with one attached hydrogen (secondary N) is 1. The second-order valence-electron chi connectivity index (χ2n) is 3.67. The lowest BCUT2D eigenvalue weighted by Crippen LogP contribution is -2.31. The third-order valence-corrected chi connectivity index (χ3v) is 2.79. The molecule has 1 aliphatic carbocycles. The minimum atomic E-state index is 0. The fraction of sp³-hybridized carbons (Fsp3) is 0.500. The molecule has 0 atom stereocenters. The van der Waals surface area contributed by atoms with E-state index in [1.807, 2.05) is 18.2 Å². The summed E-state index contributed by atoms with van der Waals surface area (Å²) in [6, 6.07) is 0. The summed E-state index contributed by atoms with van der Waals surface area (Å²) in [7, 11) is 0. The maximum absolute atomic E-state index is 3.77. The van der Waals surface area contributed by atoms with Crippen molar-refractivity contribution < 1.29 is 1.43 Å². The number of rotatable bonds is 6. The first-order chi connectivity index (χ1) is 6.26. The molecular formula is C12H21N. The summed E-state index contributed by atoms with van der Waals surface area (Å²) in [5.74, 6) is 0. The van der Waals surface area contributed by atoms with E-state index in [0.717, 1.165) is 6.54 Å². The van der Waals surface area contributed by atoms with Crippen LogP contribution in [0.3, 0.4) is 0 Å². The highest BCUT2D eigenvalue weighted by Crippen LogP contribution is 2.38. The van der Waals surface area contributed by atoms with Crippen LogP contribution < -0.4 is 5.32 Å². The smallest absolute Gasteiger partial charge is 0.0210 e. The van der Waals surface area contributed by atoms with Gasteiger partial charge in [0, 0.05) is 13.5 Å². The molecule has 13 heavy (non-hydrogen) atoms. The van der Waals surface area contributed by atoms with Gasteiger partial charge in [0.25, 0.3) is 0 Å². The second-order valence-corrected chi connectivity index (χ2v) is 3.67. The molecule has 0 unspecified atom stereocenters. The molecule has 74 valence electrons. The fourth-order valence-corrected chi connectivity index (χ4v) is 1.45. The molecular weight excluding hydrogens is 158 g/mol. The van der Waals surface area contributed by atoms with Crippen LogP contribution in [0.1, 0.15) is 27.6 Å². The first-order valence-electron chi connectivity index (χ1n) is 4.95. The maximum atomic E-state index is 3.77. The van der Waals surface area contributed by atoms with E-state index in [-0.39, 0.29) is 1.43 Å². The lowest BCUT2D eigenvalue weighted by Gasteiger charge is -2.14. The molecule has 0 saturated heterocycles. The number of hydrogen-bond donors (Lipinski definition) is 1. The van der Waals surface area contributed by atoms with E-state index in [0.29, 0.717) is 5.54 Å². The monoisotopic (exact) mass is 179 g/mol. The molecule has 1 saturated carbocycles. The van der Waals surface area contributed by atoms with Gasteiger partial charge in [0.05, 0.1) is 0 Å². The zero-order chi connectivity index (χ0) is 9.73. The summed E-state index contributed by atoms with van der Waals surface area (Å²) < 4.78 is 0. The quantitative estimate of drug-likeness (QED) is 0.618. The van der Waals surface area contributed by atoms with Gasteiger partial charge in [-0.15, -0.1) is 0 Å². The van der Waals surface area contributed by atoms with Crippen molar-refractivity contribution in [1.82, 2.24) is 5.32 Å². The predicted molar refractivity (Wildman–Crippen MR) is 60.8 cm³/mol. The predicted octanol–water partition coefficient (Wildman–Crippen LogP) is 3.06. The van der Waals surface area contributed by atoms with Crippen LogP contribution in [-0.4, -0.2) is 12.1 Å². The van der Waals surface area contributed by atoms with Gasteiger partial charge in [-0.2, -0.15) is 0 Å². The third-order valence-electron chi connectivity index (χ3n) is 2.79. The van der Waals surface area contributed by atoms with Crippen molar-refractivity contribution in [1.29, 1.82) is 0 Å². The van der Waals surface area contributed by atoms with Crippen LogP contribution in [-0.2, 0) is 0 Å². The molecule has 0 heterocycles. The van der Waals surface area contributed by atoms with Crippen LogP contribution >= 0.6 is 0 Å². The summed E-state index contributed by atoms with van der Waals surface area (Å²) in [5, 5.41) is 3.57. The van der Waals surface area contributed by atoms with Gasteiger partial charge in [-0.3, -0.25) is 0 Å². The van der Waals surface area contributed by atoms with E-state index in [1.165, 1.54) is 24.8 Å². The Morgan fingerprint density at radius 2 is 2.23 bits per heavy atom. The minimum absolute atomic E-state index is 0. The van der Waals surface area contributed by atoms with E-state index in [1.54, 1.807) is 0 Å². The Bertz CT molecular complexity index is 226. The Hall–Kier alpha value is -0.820. The van der Waals surface area contributed by atoms with Crippen molar-refractivity contribution in [2.45, 2.75) is 31.7 Å². The van der Waals surface area contributed by atoms with Crippen molar-refractivity contribution in [2.75, 3.05) is 6.54 Å². The highest BCUT2D eigenvalue weighted by molar-refractivity contribution is 5.23. The highest BCUT2D eigenvalue weighted by Gasteiger charge is 2.39. The minimum Gasteiger partial charge on any atom is -0.307 e. The van der Waals surface area contributed by atoms with Crippen molar-refractivity contribution in [3.05, 3.63) is 37.0 Å². The van der Waals surface area contributed by atoms with Gasteiger partial charge in [0.2, 0.25) is 0 Å². The summed E-state index contributed by atoms with van der Waals surface area (Å²) in [6.07, 6.45) is 9.58.